The summed E-state index contributed by atoms with van der Waals surface area (Å²) in [6.07, 6.45) is 1.65. The zero-order valence-electron chi connectivity index (χ0n) is 13.9. The van der Waals surface area contributed by atoms with E-state index in [0.29, 0.717) is 39.0 Å². The van der Waals surface area contributed by atoms with Crippen molar-refractivity contribution < 1.29 is 9.21 Å². The Morgan fingerprint density at radius 1 is 1.12 bits per heavy atom. The number of halogens is 1. The number of carbonyl (C=O) groups excluding carboxylic acids is 1. The van der Waals surface area contributed by atoms with Crippen LogP contribution >= 0.6 is 11.6 Å². The SMILES string of the molecule is Cc1ccccc1C(=O)Nc1ccc(Cl)c(-c2nc3ncccc3o2)c1. The van der Waals surface area contributed by atoms with E-state index in [1.54, 1.807) is 42.6 Å². The lowest BCUT2D eigenvalue weighted by Crippen LogP contribution is -2.13. The molecule has 0 aliphatic rings. The molecule has 0 spiro atoms. The summed E-state index contributed by atoms with van der Waals surface area (Å²) >= 11 is 6.30. The van der Waals surface area contributed by atoms with Gasteiger partial charge in [0.05, 0.1) is 10.6 Å². The summed E-state index contributed by atoms with van der Waals surface area (Å²) < 4.78 is 5.73. The van der Waals surface area contributed by atoms with Gasteiger partial charge in [0, 0.05) is 17.4 Å². The van der Waals surface area contributed by atoms with Crippen LogP contribution in [0.2, 0.25) is 5.02 Å². The van der Waals surface area contributed by atoms with Crippen LogP contribution in [-0.2, 0) is 0 Å². The molecule has 1 N–H and O–H groups in total. The van der Waals surface area contributed by atoms with Gasteiger partial charge in [-0.15, -0.1) is 0 Å². The van der Waals surface area contributed by atoms with Crippen molar-refractivity contribution in [1.82, 2.24) is 9.97 Å². The minimum absolute atomic E-state index is 0.185. The molecule has 0 fully saturated rings. The van der Waals surface area contributed by atoms with Crippen LogP contribution in [0.5, 0.6) is 0 Å². The highest BCUT2D eigenvalue weighted by Gasteiger charge is 2.15. The van der Waals surface area contributed by atoms with Crippen molar-refractivity contribution in [2.45, 2.75) is 6.92 Å². The largest absolute Gasteiger partial charge is 0.434 e. The number of nitrogens with zero attached hydrogens (tertiary/aromatic N) is 2. The van der Waals surface area contributed by atoms with E-state index in [9.17, 15) is 4.79 Å². The molecule has 4 aromatic rings. The lowest BCUT2D eigenvalue weighted by atomic mass is 10.1. The van der Waals surface area contributed by atoms with Crippen LogP contribution < -0.4 is 5.32 Å². The van der Waals surface area contributed by atoms with Crippen molar-refractivity contribution in [3.8, 4) is 11.5 Å². The van der Waals surface area contributed by atoms with Gasteiger partial charge in [-0.1, -0.05) is 29.8 Å². The first-order valence-corrected chi connectivity index (χ1v) is 8.38. The number of hydrogen-bond donors (Lipinski definition) is 1. The number of nitrogens with one attached hydrogen (secondary N) is 1. The van der Waals surface area contributed by atoms with Gasteiger partial charge in [0.2, 0.25) is 5.89 Å². The Morgan fingerprint density at radius 3 is 2.77 bits per heavy atom. The number of oxazole rings is 1. The fourth-order valence-corrected chi connectivity index (χ4v) is 2.88. The van der Waals surface area contributed by atoms with Gasteiger partial charge in [0.1, 0.15) is 0 Å². The van der Waals surface area contributed by atoms with Crippen LogP contribution in [0.3, 0.4) is 0 Å². The van der Waals surface area contributed by atoms with E-state index in [1.807, 2.05) is 25.1 Å². The standard InChI is InChI=1S/C20H14ClN3O2/c1-12-5-2-3-6-14(12)19(25)23-13-8-9-16(21)15(11-13)20-24-18-17(26-20)7-4-10-22-18/h2-11H,1H3,(H,23,25). The summed E-state index contributed by atoms with van der Waals surface area (Å²) in [7, 11) is 0. The van der Waals surface area contributed by atoms with Crippen molar-refractivity contribution in [2.24, 2.45) is 0 Å². The van der Waals surface area contributed by atoms with Crippen LogP contribution in [0.1, 0.15) is 15.9 Å². The molecule has 0 saturated carbocycles. The van der Waals surface area contributed by atoms with Crippen molar-refractivity contribution in [1.29, 1.82) is 0 Å². The van der Waals surface area contributed by atoms with Crippen LogP contribution in [0, 0.1) is 6.92 Å². The van der Waals surface area contributed by atoms with E-state index in [-0.39, 0.29) is 5.91 Å². The van der Waals surface area contributed by atoms with Gasteiger partial charge < -0.3 is 9.73 Å². The molecule has 1 amide bonds. The molecule has 0 unspecified atom stereocenters. The van der Waals surface area contributed by atoms with Gasteiger partial charge in [0.25, 0.3) is 5.91 Å². The Bertz CT molecular complexity index is 1090. The maximum atomic E-state index is 12.5. The van der Waals surface area contributed by atoms with Crippen molar-refractivity contribution in [2.75, 3.05) is 5.32 Å². The Morgan fingerprint density at radius 2 is 1.96 bits per heavy atom. The fraction of sp³-hybridized carbons (Fsp3) is 0.0500. The van der Waals surface area contributed by atoms with E-state index in [2.05, 4.69) is 15.3 Å². The van der Waals surface area contributed by atoms with Gasteiger partial charge in [-0.2, -0.15) is 4.98 Å². The summed E-state index contributed by atoms with van der Waals surface area (Å²) in [4.78, 5) is 21.0. The Balaban J connectivity index is 1.68. The summed E-state index contributed by atoms with van der Waals surface area (Å²) in [5.41, 5.74) is 3.81. The zero-order valence-corrected chi connectivity index (χ0v) is 14.6. The minimum atomic E-state index is -0.185. The van der Waals surface area contributed by atoms with E-state index in [0.717, 1.165) is 5.56 Å². The Hall–Kier alpha value is -3.18. The average molecular weight is 364 g/mol. The normalized spacial score (nSPS) is 10.8. The fourth-order valence-electron chi connectivity index (χ4n) is 2.68. The zero-order chi connectivity index (χ0) is 18.1. The number of fused-ring (bicyclic) bond motifs is 1. The summed E-state index contributed by atoms with van der Waals surface area (Å²) in [6, 6.07) is 16.2. The van der Waals surface area contributed by atoms with Crippen molar-refractivity contribution in [3.63, 3.8) is 0 Å². The first kappa shape index (κ1) is 16.3. The van der Waals surface area contributed by atoms with E-state index >= 15 is 0 Å². The molecule has 4 rings (SSSR count). The van der Waals surface area contributed by atoms with E-state index in [4.69, 9.17) is 16.0 Å². The predicted octanol–water partition coefficient (Wildman–Crippen LogP) is 5.10. The second-order valence-electron chi connectivity index (χ2n) is 5.81. The second-order valence-corrected chi connectivity index (χ2v) is 6.22. The van der Waals surface area contributed by atoms with Crippen LogP contribution in [-0.4, -0.2) is 15.9 Å². The van der Waals surface area contributed by atoms with Gasteiger partial charge in [0.15, 0.2) is 11.2 Å². The van der Waals surface area contributed by atoms with Crippen LogP contribution in [0.4, 0.5) is 5.69 Å². The molecule has 128 valence electrons. The third-order valence-electron chi connectivity index (χ3n) is 4.01. The molecule has 26 heavy (non-hydrogen) atoms. The topological polar surface area (TPSA) is 68.0 Å². The summed E-state index contributed by atoms with van der Waals surface area (Å²) in [6.45, 7) is 1.90. The number of rotatable bonds is 3. The molecule has 2 heterocycles. The lowest BCUT2D eigenvalue weighted by Gasteiger charge is -2.09. The molecule has 0 atom stereocenters. The number of aromatic nitrogens is 2. The number of benzene rings is 2. The maximum Gasteiger partial charge on any atom is 0.255 e. The van der Waals surface area contributed by atoms with Crippen LogP contribution in [0.25, 0.3) is 22.7 Å². The van der Waals surface area contributed by atoms with Crippen molar-refractivity contribution in [3.05, 3.63) is 76.9 Å². The third-order valence-corrected chi connectivity index (χ3v) is 4.34. The molecule has 0 saturated heterocycles. The number of aryl methyl sites for hydroxylation is 1. The number of carbonyl (C=O) groups is 1. The maximum absolute atomic E-state index is 12.5. The number of hydrogen-bond acceptors (Lipinski definition) is 4. The quantitative estimate of drug-likeness (QED) is 0.549. The van der Waals surface area contributed by atoms with Crippen LogP contribution in [0.15, 0.2) is 65.2 Å². The Kier molecular flexibility index (Phi) is 4.14. The van der Waals surface area contributed by atoms with Gasteiger partial charge in [-0.25, -0.2) is 4.98 Å². The molecule has 0 radical (unpaired) electrons. The molecule has 0 bridgehead atoms. The molecule has 2 aromatic heterocycles. The molecular formula is C20H14ClN3O2. The highest BCUT2D eigenvalue weighted by Crippen LogP contribution is 2.32. The third kappa shape index (κ3) is 3.05. The minimum Gasteiger partial charge on any atom is -0.434 e. The monoisotopic (exact) mass is 363 g/mol. The first-order valence-electron chi connectivity index (χ1n) is 8.00. The Labute approximate surface area is 154 Å². The number of anilines is 1. The summed E-state index contributed by atoms with van der Waals surface area (Å²) in [5, 5.41) is 3.36. The van der Waals surface area contributed by atoms with E-state index < -0.39 is 0 Å². The first-order chi connectivity index (χ1) is 12.6. The number of pyridine rings is 1. The van der Waals surface area contributed by atoms with Gasteiger partial charge in [-0.05, 0) is 48.9 Å². The molecule has 6 heteroatoms. The summed E-state index contributed by atoms with van der Waals surface area (Å²) in [5.74, 6) is 0.172. The van der Waals surface area contributed by atoms with Gasteiger partial charge >= 0.3 is 0 Å². The average Bonchev–Trinajstić information content (AvgIpc) is 3.07. The molecule has 5 nitrogen and oxygen atoms in total. The van der Waals surface area contributed by atoms with Crippen molar-refractivity contribution >= 4 is 34.4 Å². The molecule has 0 aliphatic heterocycles. The molecular weight excluding hydrogens is 350 g/mol. The highest BCUT2D eigenvalue weighted by atomic mass is 35.5. The molecule has 0 aliphatic carbocycles. The van der Waals surface area contributed by atoms with E-state index in [1.165, 1.54) is 0 Å². The lowest BCUT2D eigenvalue weighted by molar-refractivity contribution is 0.102. The highest BCUT2D eigenvalue weighted by molar-refractivity contribution is 6.33. The second kappa shape index (κ2) is 6.61. The smallest absolute Gasteiger partial charge is 0.255 e. The number of amides is 1. The molecule has 2 aromatic carbocycles. The predicted molar refractivity (Wildman–Crippen MR) is 101 cm³/mol. The van der Waals surface area contributed by atoms with Gasteiger partial charge in [-0.3, -0.25) is 4.79 Å².